The number of rotatable bonds is 1. The van der Waals surface area contributed by atoms with Crippen LogP contribution in [0, 0.1) is 0 Å². The van der Waals surface area contributed by atoms with Crippen molar-refractivity contribution in [2.45, 2.75) is 12.8 Å². The zero-order valence-electron chi connectivity index (χ0n) is 9.28. The molecule has 1 fully saturated rings. The summed E-state index contributed by atoms with van der Waals surface area (Å²) in [6.07, 6.45) is 2.36. The Bertz CT molecular complexity index is 616. The molecule has 0 bridgehead atoms. The molecule has 1 aliphatic rings. The van der Waals surface area contributed by atoms with Crippen molar-refractivity contribution < 1.29 is 0 Å². The van der Waals surface area contributed by atoms with E-state index >= 15 is 0 Å². The first-order valence-corrected chi connectivity index (χ1v) is 6.97. The van der Waals surface area contributed by atoms with E-state index in [-0.39, 0.29) is 5.43 Å². The van der Waals surface area contributed by atoms with Crippen LogP contribution in [-0.4, -0.2) is 13.1 Å². The van der Waals surface area contributed by atoms with Crippen molar-refractivity contribution in [3.8, 4) is 0 Å². The van der Waals surface area contributed by atoms with Crippen molar-refractivity contribution in [3.05, 3.63) is 38.8 Å². The Morgan fingerprint density at radius 2 is 2.00 bits per heavy atom. The first kappa shape index (κ1) is 11.1. The third-order valence-electron chi connectivity index (χ3n) is 3.16. The topological polar surface area (TPSA) is 20.3 Å². The van der Waals surface area contributed by atoms with Crippen molar-refractivity contribution in [1.82, 2.24) is 0 Å². The molecule has 4 heteroatoms. The Labute approximate surface area is 108 Å². The molecule has 0 saturated carbocycles. The highest BCUT2D eigenvalue weighted by Crippen LogP contribution is 2.25. The van der Waals surface area contributed by atoms with E-state index in [4.69, 9.17) is 11.6 Å². The lowest BCUT2D eigenvalue weighted by molar-refractivity contribution is 0.949. The van der Waals surface area contributed by atoms with Gasteiger partial charge in [0.05, 0.1) is 5.69 Å². The van der Waals surface area contributed by atoms with Crippen LogP contribution in [0.25, 0.3) is 10.1 Å². The van der Waals surface area contributed by atoms with Crippen molar-refractivity contribution in [2.24, 2.45) is 0 Å². The SMILES string of the molecule is O=c1c(N2CCCC2)csc2ccc(Cl)cc12. The second-order valence-corrected chi connectivity index (χ2v) is 5.63. The molecule has 1 saturated heterocycles. The van der Waals surface area contributed by atoms with Crippen LogP contribution in [0.15, 0.2) is 28.4 Å². The number of benzene rings is 1. The summed E-state index contributed by atoms with van der Waals surface area (Å²) >= 11 is 7.57. The third kappa shape index (κ3) is 1.94. The number of hydrogen-bond acceptors (Lipinski definition) is 3. The fourth-order valence-corrected chi connectivity index (χ4v) is 3.36. The zero-order valence-corrected chi connectivity index (χ0v) is 10.9. The summed E-state index contributed by atoms with van der Waals surface area (Å²) in [6, 6.07) is 5.52. The molecule has 0 N–H and O–H groups in total. The normalized spacial score (nSPS) is 15.7. The van der Waals surface area contributed by atoms with Crippen LogP contribution < -0.4 is 10.3 Å². The van der Waals surface area contributed by atoms with E-state index in [1.165, 1.54) is 12.8 Å². The molecular weight excluding hydrogens is 254 g/mol. The minimum Gasteiger partial charge on any atom is -0.368 e. The van der Waals surface area contributed by atoms with Crippen LogP contribution in [0.2, 0.25) is 5.02 Å². The first-order valence-electron chi connectivity index (χ1n) is 5.72. The highest BCUT2D eigenvalue weighted by Gasteiger charge is 2.16. The molecular formula is C13H12ClNOS. The first-order chi connectivity index (χ1) is 8.25. The molecule has 3 rings (SSSR count). The molecule has 0 amide bonds. The molecule has 2 heterocycles. The number of hydrogen-bond donors (Lipinski definition) is 0. The van der Waals surface area contributed by atoms with Gasteiger partial charge in [-0.3, -0.25) is 4.79 Å². The molecule has 1 aromatic heterocycles. The van der Waals surface area contributed by atoms with Gasteiger partial charge in [-0.15, -0.1) is 11.3 Å². The Hall–Kier alpha value is -1.06. The molecule has 88 valence electrons. The van der Waals surface area contributed by atoms with Gasteiger partial charge in [-0.2, -0.15) is 0 Å². The van der Waals surface area contributed by atoms with Gasteiger partial charge < -0.3 is 4.90 Å². The molecule has 0 aliphatic carbocycles. The van der Waals surface area contributed by atoms with Crippen molar-refractivity contribution in [3.63, 3.8) is 0 Å². The van der Waals surface area contributed by atoms with Crippen LogP contribution in [0.4, 0.5) is 5.69 Å². The zero-order chi connectivity index (χ0) is 11.8. The van der Waals surface area contributed by atoms with Gasteiger partial charge in [-0.1, -0.05) is 11.6 Å². The summed E-state index contributed by atoms with van der Waals surface area (Å²) in [7, 11) is 0. The maximum atomic E-state index is 12.4. The average Bonchev–Trinajstić information content (AvgIpc) is 2.84. The van der Waals surface area contributed by atoms with Crippen LogP contribution >= 0.6 is 22.9 Å². The molecule has 1 aliphatic heterocycles. The number of halogens is 1. The van der Waals surface area contributed by atoms with Gasteiger partial charge in [0.15, 0.2) is 0 Å². The fraction of sp³-hybridized carbons (Fsp3) is 0.308. The summed E-state index contributed by atoms with van der Waals surface area (Å²) in [6.45, 7) is 1.99. The largest absolute Gasteiger partial charge is 0.368 e. The summed E-state index contributed by atoms with van der Waals surface area (Å²) in [5.74, 6) is 0. The predicted octanol–water partition coefficient (Wildman–Crippen LogP) is 3.52. The fourth-order valence-electron chi connectivity index (χ4n) is 2.27. The van der Waals surface area contributed by atoms with Gasteiger partial charge >= 0.3 is 0 Å². The van der Waals surface area contributed by atoms with E-state index in [9.17, 15) is 4.79 Å². The Balaban J connectivity index is 2.21. The second-order valence-electron chi connectivity index (χ2n) is 4.28. The van der Waals surface area contributed by atoms with E-state index in [0.717, 1.165) is 28.9 Å². The molecule has 2 aromatic rings. The maximum Gasteiger partial charge on any atom is 0.211 e. The summed E-state index contributed by atoms with van der Waals surface area (Å²) in [5, 5.41) is 3.34. The van der Waals surface area contributed by atoms with Crippen LogP contribution in [-0.2, 0) is 0 Å². The Morgan fingerprint density at radius 3 is 2.76 bits per heavy atom. The molecule has 0 radical (unpaired) electrons. The molecule has 2 nitrogen and oxygen atoms in total. The maximum absolute atomic E-state index is 12.4. The molecule has 0 unspecified atom stereocenters. The Kier molecular flexibility index (Phi) is 2.81. The van der Waals surface area contributed by atoms with Gasteiger partial charge in [0.25, 0.3) is 0 Å². The van der Waals surface area contributed by atoms with Crippen LogP contribution in [0.1, 0.15) is 12.8 Å². The summed E-state index contributed by atoms with van der Waals surface area (Å²) in [4.78, 5) is 14.6. The van der Waals surface area contributed by atoms with E-state index in [1.54, 1.807) is 17.4 Å². The number of anilines is 1. The summed E-state index contributed by atoms with van der Waals surface area (Å²) < 4.78 is 1.00. The summed E-state index contributed by atoms with van der Waals surface area (Å²) in [5.41, 5.74) is 0.949. The van der Waals surface area contributed by atoms with E-state index in [0.29, 0.717) is 5.02 Å². The quantitative estimate of drug-likeness (QED) is 0.786. The molecule has 17 heavy (non-hydrogen) atoms. The van der Waals surface area contributed by atoms with Crippen molar-refractivity contribution >= 4 is 38.7 Å². The lowest BCUT2D eigenvalue weighted by Crippen LogP contribution is -2.23. The van der Waals surface area contributed by atoms with E-state index in [1.807, 2.05) is 17.5 Å². The minimum absolute atomic E-state index is 0.114. The monoisotopic (exact) mass is 265 g/mol. The highest BCUT2D eigenvalue weighted by molar-refractivity contribution is 7.16. The van der Waals surface area contributed by atoms with Crippen molar-refractivity contribution in [2.75, 3.05) is 18.0 Å². The smallest absolute Gasteiger partial charge is 0.211 e. The van der Waals surface area contributed by atoms with Gasteiger partial charge in [0, 0.05) is 33.6 Å². The van der Waals surface area contributed by atoms with Gasteiger partial charge in [-0.05, 0) is 31.0 Å². The average molecular weight is 266 g/mol. The van der Waals surface area contributed by atoms with Gasteiger partial charge in [0.1, 0.15) is 0 Å². The van der Waals surface area contributed by atoms with Crippen LogP contribution in [0.5, 0.6) is 0 Å². The lowest BCUT2D eigenvalue weighted by Gasteiger charge is -2.16. The highest BCUT2D eigenvalue weighted by atomic mass is 35.5. The standard InChI is InChI=1S/C13H12ClNOS/c14-9-3-4-12-10(7-9)13(16)11(8-17-12)15-5-1-2-6-15/h3-4,7-8H,1-2,5-6H2. The minimum atomic E-state index is 0.114. The van der Waals surface area contributed by atoms with Gasteiger partial charge in [-0.25, -0.2) is 0 Å². The predicted molar refractivity (Wildman–Crippen MR) is 74.6 cm³/mol. The molecule has 1 aromatic carbocycles. The van der Waals surface area contributed by atoms with Crippen molar-refractivity contribution in [1.29, 1.82) is 0 Å². The third-order valence-corrected chi connectivity index (χ3v) is 4.35. The van der Waals surface area contributed by atoms with E-state index in [2.05, 4.69) is 4.90 Å². The number of fused-ring (bicyclic) bond motifs is 1. The van der Waals surface area contributed by atoms with Crippen LogP contribution in [0.3, 0.4) is 0 Å². The Morgan fingerprint density at radius 1 is 1.24 bits per heavy atom. The molecule has 0 spiro atoms. The van der Waals surface area contributed by atoms with E-state index < -0.39 is 0 Å². The lowest BCUT2D eigenvalue weighted by atomic mass is 10.2. The molecule has 0 atom stereocenters. The second kappa shape index (κ2) is 4.31. The van der Waals surface area contributed by atoms with Gasteiger partial charge in [0.2, 0.25) is 5.43 Å². The number of nitrogens with zero attached hydrogens (tertiary/aromatic N) is 1.